The van der Waals surface area contributed by atoms with Crippen molar-refractivity contribution in [2.75, 3.05) is 6.54 Å². The maximum Gasteiger partial charge on any atom is 0.237 e. The van der Waals surface area contributed by atoms with E-state index in [1.54, 1.807) is 0 Å². The van der Waals surface area contributed by atoms with Gasteiger partial charge in [0.15, 0.2) is 0 Å². The van der Waals surface area contributed by atoms with Gasteiger partial charge in [0, 0.05) is 6.54 Å². The first-order chi connectivity index (χ1) is 6.28. The second kappa shape index (κ2) is 4.99. The van der Waals surface area contributed by atoms with Gasteiger partial charge in [-0.25, -0.2) is 0 Å². The van der Waals surface area contributed by atoms with Crippen molar-refractivity contribution in [1.82, 2.24) is 5.32 Å². The van der Waals surface area contributed by atoms with E-state index in [-0.39, 0.29) is 17.2 Å². The predicted molar refractivity (Wildman–Crippen MR) is 56.4 cm³/mol. The Bertz CT molecular complexity index is 233. The van der Waals surface area contributed by atoms with Crippen LogP contribution in [0.4, 0.5) is 0 Å². The highest BCUT2D eigenvalue weighted by atomic mass is 16.1. The largest absolute Gasteiger partial charge is 0.354 e. The molecule has 0 radical (unpaired) electrons. The van der Waals surface area contributed by atoms with E-state index >= 15 is 0 Å². The second-order valence-electron chi connectivity index (χ2n) is 5.13. The van der Waals surface area contributed by atoms with E-state index in [4.69, 9.17) is 5.26 Å². The first-order valence-corrected chi connectivity index (χ1v) is 4.95. The minimum absolute atomic E-state index is 0.0621. The van der Waals surface area contributed by atoms with Crippen LogP contribution in [0.1, 0.15) is 34.6 Å². The molecule has 0 aliphatic rings. The molecule has 1 unspecified atom stereocenters. The second-order valence-corrected chi connectivity index (χ2v) is 5.13. The van der Waals surface area contributed by atoms with Gasteiger partial charge in [0.05, 0.1) is 6.07 Å². The number of nitrogens with zero attached hydrogens (tertiary/aromatic N) is 1. The first kappa shape index (κ1) is 13.0. The van der Waals surface area contributed by atoms with Gasteiger partial charge in [-0.2, -0.15) is 5.26 Å². The lowest BCUT2D eigenvalue weighted by Crippen LogP contribution is -2.37. The summed E-state index contributed by atoms with van der Waals surface area (Å²) in [5.74, 6) is -0.616. The molecule has 0 rings (SSSR count). The van der Waals surface area contributed by atoms with Gasteiger partial charge in [0.2, 0.25) is 5.91 Å². The molecule has 3 heteroatoms. The molecule has 14 heavy (non-hydrogen) atoms. The maximum atomic E-state index is 11.5. The fourth-order valence-electron chi connectivity index (χ4n) is 0.973. The zero-order valence-electron chi connectivity index (χ0n) is 9.72. The number of carbonyl (C=O) groups excluding carboxylic acids is 1. The fourth-order valence-corrected chi connectivity index (χ4v) is 0.973. The Morgan fingerprint density at radius 3 is 2.21 bits per heavy atom. The molecule has 0 aliphatic heterocycles. The number of nitrogens with one attached hydrogen (secondary N) is 1. The zero-order chi connectivity index (χ0) is 11.4. The molecular weight excluding hydrogens is 176 g/mol. The molecule has 0 saturated heterocycles. The normalized spacial score (nSPS) is 13.5. The number of nitriles is 1. The molecule has 0 bridgehead atoms. The minimum Gasteiger partial charge on any atom is -0.354 e. The summed E-state index contributed by atoms with van der Waals surface area (Å²) in [6.45, 7) is 10.5. The van der Waals surface area contributed by atoms with Crippen LogP contribution in [0.2, 0.25) is 0 Å². The number of carbonyl (C=O) groups is 1. The Kier molecular flexibility index (Phi) is 4.62. The SMILES string of the molecule is CC(C)C(C#N)C(=O)NCC(C)(C)C. The third-order valence-corrected chi connectivity index (χ3v) is 1.88. The highest BCUT2D eigenvalue weighted by Crippen LogP contribution is 2.13. The Labute approximate surface area is 86.5 Å². The molecule has 0 saturated carbocycles. The Hall–Kier alpha value is -1.04. The van der Waals surface area contributed by atoms with Crippen LogP contribution < -0.4 is 5.32 Å². The summed E-state index contributed by atoms with van der Waals surface area (Å²) < 4.78 is 0. The third-order valence-electron chi connectivity index (χ3n) is 1.88. The van der Waals surface area contributed by atoms with Gasteiger partial charge >= 0.3 is 0 Å². The van der Waals surface area contributed by atoms with Crippen LogP contribution in [0.25, 0.3) is 0 Å². The van der Waals surface area contributed by atoms with Crippen molar-refractivity contribution in [2.45, 2.75) is 34.6 Å². The number of hydrogen-bond acceptors (Lipinski definition) is 2. The maximum absolute atomic E-state index is 11.5. The first-order valence-electron chi connectivity index (χ1n) is 4.95. The van der Waals surface area contributed by atoms with E-state index in [0.717, 1.165) is 0 Å². The molecule has 0 aromatic heterocycles. The van der Waals surface area contributed by atoms with Gasteiger partial charge in [-0.3, -0.25) is 4.79 Å². The molecule has 0 heterocycles. The highest BCUT2D eigenvalue weighted by Gasteiger charge is 2.22. The van der Waals surface area contributed by atoms with E-state index in [2.05, 4.69) is 5.32 Å². The van der Waals surface area contributed by atoms with Crippen molar-refractivity contribution in [1.29, 1.82) is 5.26 Å². The van der Waals surface area contributed by atoms with E-state index < -0.39 is 5.92 Å². The summed E-state index contributed by atoms with van der Waals surface area (Å²) in [4.78, 5) is 11.5. The molecular formula is C11H20N2O. The quantitative estimate of drug-likeness (QED) is 0.750. The molecule has 1 atom stereocenters. The molecule has 0 fully saturated rings. The van der Waals surface area contributed by atoms with E-state index in [0.29, 0.717) is 6.54 Å². The van der Waals surface area contributed by atoms with Crippen LogP contribution in [0, 0.1) is 28.6 Å². The van der Waals surface area contributed by atoms with Crippen LogP contribution in [0.15, 0.2) is 0 Å². The van der Waals surface area contributed by atoms with Crippen LogP contribution >= 0.6 is 0 Å². The standard InChI is InChI=1S/C11H20N2O/c1-8(2)9(6-12)10(14)13-7-11(3,4)5/h8-9H,7H2,1-5H3,(H,13,14). The summed E-state index contributed by atoms with van der Waals surface area (Å²) in [5.41, 5.74) is 0.0621. The summed E-state index contributed by atoms with van der Waals surface area (Å²) in [6.07, 6.45) is 0. The Balaban J connectivity index is 4.15. The van der Waals surface area contributed by atoms with Crippen LogP contribution in [-0.4, -0.2) is 12.5 Å². The van der Waals surface area contributed by atoms with Crippen molar-refractivity contribution in [3.05, 3.63) is 0 Å². The van der Waals surface area contributed by atoms with Crippen LogP contribution in [0.5, 0.6) is 0 Å². The lowest BCUT2D eigenvalue weighted by atomic mass is 9.94. The molecule has 0 spiro atoms. The molecule has 0 aromatic rings. The molecule has 80 valence electrons. The fraction of sp³-hybridized carbons (Fsp3) is 0.818. The lowest BCUT2D eigenvalue weighted by molar-refractivity contribution is -0.124. The zero-order valence-corrected chi connectivity index (χ0v) is 9.72. The van der Waals surface area contributed by atoms with E-state index in [1.807, 2.05) is 40.7 Å². The predicted octanol–water partition coefficient (Wildman–Crippen LogP) is 1.94. The van der Waals surface area contributed by atoms with Crippen molar-refractivity contribution in [2.24, 2.45) is 17.3 Å². The van der Waals surface area contributed by atoms with Gasteiger partial charge in [0.1, 0.15) is 5.92 Å². The Morgan fingerprint density at radius 1 is 1.43 bits per heavy atom. The van der Waals surface area contributed by atoms with Gasteiger partial charge in [-0.05, 0) is 11.3 Å². The summed E-state index contributed by atoms with van der Waals surface area (Å²) in [7, 11) is 0. The van der Waals surface area contributed by atoms with Gasteiger partial charge in [-0.1, -0.05) is 34.6 Å². The molecule has 0 aromatic carbocycles. The van der Waals surface area contributed by atoms with Gasteiger partial charge < -0.3 is 5.32 Å². The van der Waals surface area contributed by atoms with Gasteiger partial charge in [-0.15, -0.1) is 0 Å². The minimum atomic E-state index is -0.530. The number of rotatable bonds is 3. The summed E-state index contributed by atoms with van der Waals surface area (Å²) >= 11 is 0. The smallest absolute Gasteiger partial charge is 0.237 e. The monoisotopic (exact) mass is 196 g/mol. The van der Waals surface area contributed by atoms with Crippen molar-refractivity contribution >= 4 is 5.91 Å². The van der Waals surface area contributed by atoms with Crippen LogP contribution in [0.3, 0.4) is 0 Å². The van der Waals surface area contributed by atoms with Crippen molar-refractivity contribution in [3.8, 4) is 6.07 Å². The lowest BCUT2D eigenvalue weighted by Gasteiger charge is -2.20. The average Bonchev–Trinajstić information content (AvgIpc) is 2.00. The number of amides is 1. The topological polar surface area (TPSA) is 52.9 Å². The Morgan fingerprint density at radius 2 is 1.93 bits per heavy atom. The molecule has 3 nitrogen and oxygen atoms in total. The highest BCUT2D eigenvalue weighted by molar-refractivity contribution is 5.81. The van der Waals surface area contributed by atoms with Crippen molar-refractivity contribution in [3.63, 3.8) is 0 Å². The summed E-state index contributed by atoms with van der Waals surface area (Å²) in [6, 6.07) is 2.03. The number of hydrogen-bond donors (Lipinski definition) is 1. The van der Waals surface area contributed by atoms with E-state index in [9.17, 15) is 4.79 Å². The molecule has 0 aliphatic carbocycles. The molecule has 1 N–H and O–H groups in total. The third kappa shape index (κ3) is 4.86. The average molecular weight is 196 g/mol. The van der Waals surface area contributed by atoms with Crippen molar-refractivity contribution < 1.29 is 4.79 Å². The van der Waals surface area contributed by atoms with Crippen LogP contribution in [-0.2, 0) is 4.79 Å². The van der Waals surface area contributed by atoms with Gasteiger partial charge in [0.25, 0.3) is 0 Å². The molecule has 1 amide bonds. The summed E-state index contributed by atoms with van der Waals surface area (Å²) in [5, 5.41) is 11.6. The van der Waals surface area contributed by atoms with E-state index in [1.165, 1.54) is 0 Å².